The molecule has 0 aliphatic carbocycles. The van der Waals surface area contributed by atoms with Crippen molar-refractivity contribution < 1.29 is 14.3 Å². The summed E-state index contributed by atoms with van der Waals surface area (Å²) in [6.45, 7) is 0.119. The average molecular weight is 368 g/mol. The standard InChI is InChI=1S/C21H18ClNO3/c1-23(13-15-9-11-17(22)12-10-15)20(24)14-26-21(25)19-8-4-6-16-5-2-3-7-18(16)19/h2-12H,13-14H2,1H3. The number of nitrogens with zero attached hydrogens (tertiary/aromatic N) is 1. The zero-order valence-corrected chi connectivity index (χ0v) is 15.1. The predicted molar refractivity (Wildman–Crippen MR) is 102 cm³/mol. The van der Waals surface area contributed by atoms with Gasteiger partial charge >= 0.3 is 5.97 Å². The van der Waals surface area contributed by atoms with Crippen LogP contribution in [0.25, 0.3) is 10.8 Å². The number of carbonyl (C=O) groups is 2. The quantitative estimate of drug-likeness (QED) is 0.631. The first kappa shape index (κ1) is 18.0. The number of benzene rings is 3. The number of hydrogen-bond donors (Lipinski definition) is 0. The van der Waals surface area contributed by atoms with Crippen LogP contribution >= 0.6 is 11.6 Å². The van der Waals surface area contributed by atoms with Crippen LogP contribution in [-0.4, -0.2) is 30.4 Å². The number of halogens is 1. The molecular formula is C21H18ClNO3. The summed E-state index contributed by atoms with van der Waals surface area (Å²) >= 11 is 5.86. The Kier molecular flexibility index (Phi) is 5.54. The van der Waals surface area contributed by atoms with Gasteiger partial charge in [0.25, 0.3) is 5.91 Å². The van der Waals surface area contributed by atoms with Gasteiger partial charge in [-0.2, -0.15) is 0 Å². The van der Waals surface area contributed by atoms with E-state index in [4.69, 9.17) is 16.3 Å². The van der Waals surface area contributed by atoms with Crippen molar-refractivity contribution in [3.05, 3.63) is 82.9 Å². The third-order valence-electron chi connectivity index (χ3n) is 4.10. The number of fused-ring (bicyclic) bond motifs is 1. The maximum Gasteiger partial charge on any atom is 0.339 e. The van der Waals surface area contributed by atoms with E-state index in [0.717, 1.165) is 16.3 Å². The van der Waals surface area contributed by atoms with Crippen molar-refractivity contribution in [1.82, 2.24) is 4.90 Å². The van der Waals surface area contributed by atoms with Crippen LogP contribution in [0, 0.1) is 0 Å². The lowest BCUT2D eigenvalue weighted by atomic mass is 10.1. The first-order valence-electron chi connectivity index (χ1n) is 8.18. The Labute approximate surface area is 156 Å². The predicted octanol–water partition coefficient (Wildman–Crippen LogP) is 4.31. The van der Waals surface area contributed by atoms with E-state index >= 15 is 0 Å². The summed E-state index contributed by atoms with van der Waals surface area (Å²) in [5, 5.41) is 2.40. The van der Waals surface area contributed by atoms with Crippen molar-refractivity contribution in [3.8, 4) is 0 Å². The molecule has 3 aromatic carbocycles. The molecule has 0 heterocycles. The number of rotatable bonds is 5. The van der Waals surface area contributed by atoms with E-state index in [-0.39, 0.29) is 12.5 Å². The zero-order chi connectivity index (χ0) is 18.5. The van der Waals surface area contributed by atoms with Gasteiger partial charge in [-0.05, 0) is 34.5 Å². The van der Waals surface area contributed by atoms with Gasteiger partial charge in [-0.3, -0.25) is 4.79 Å². The molecule has 0 N–H and O–H groups in total. The molecule has 0 aliphatic heterocycles. The number of hydrogen-bond acceptors (Lipinski definition) is 3. The fourth-order valence-electron chi connectivity index (χ4n) is 2.67. The lowest BCUT2D eigenvalue weighted by molar-refractivity contribution is -0.133. The fourth-order valence-corrected chi connectivity index (χ4v) is 2.80. The van der Waals surface area contributed by atoms with E-state index < -0.39 is 5.97 Å². The van der Waals surface area contributed by atoms with E-state index in [1.54, 1.807) is 31.3 Å². The third kappa shape index (κ3) is 4.21. The molecule has 26 heavy (non-hydrogen) atoms. The number of amides is 1. The molecule has 0 aromatic heterocycles. The molecule has 0 bridgehead atoms. The molecule has 1 amide bonds. The van der Waals surface area contributed by atoms with Gasteiger partial charge in [-0.1, -0.05) is 60.1 Å². The molecule has 0 saturated carbocycles. The molecule has 0 atom stereocenters. The maximum absolute atomic E-state index is 12.4. The Balaban J connectivity index is 1.61. The summed E-state index contributed by atoms with van der Waals surface area (Å²) in [5.74, 6) is -0.774. The van der Waals surface area contributed by atoms with Crippen molar-refractivity contribution in [2.75, 3.05) is 13.7 Å². The summed E-state index contributed by atoms with van der Waals surface area (Å²) in [7, 11) is 1.67. The molecule has 0 radical (unpaired) electrons. The molecule has 0 fully saturated rings. The lowest BCUT2D eigenvalue weighted by Crippen LogP contribution is -2.30. The molecule has 3 rings (SSSR count). The Bertz CT molecular complexity index is 932. The van der Waals surface area contributed by atoms with Gasteiger partial charge in [0, 0.05) is 18.6 Å². The van der Waals surface area contributed by atoms with Gasteiger partial charge in [-0.15, -0.1) is 0 Å². The van der Waals surface area contributed by atoms with Crippen molar-refractivity contribution >= 4 is 34.2 Å². The number of carbonyl (C=O) groups excluding carboxylic acids is 2. The van der Waals surface area contributed by atoms with E-state index in [2.05, 4.69) is 0 Å². The van der Waals surface area contributed by atoms with Gasteiger partial charge < -0.3 is 9.64 Å². The number of likely N-dealkylation sites (N-methyl/N-ethyl adjacent to an activating group) is 1. The van der Waals surface area contributed by atoms with Crippen LogP contribution in [0.4, 0.5) is 0 Å². The van der Waals surface area contributed by atoms with Crippen LogP contribution in [-0.2, 0) is 16.1 Å². The van der Waals surface area contributed by atoms with Crippen LogP contribution < -0.4 is 0 Å². The van der Waals surface area contributed by atoms with E-state index in [9.17, 15) is 9.59 Å². The third-order valence-corrected chi connectivity index (χ3v) is 4.35. The van der Waals surface area contributed by atoms with Gasteiger partial charge in [0.05, 0.1) is 5.56 Å². The summed E-state index contributed by atoms with van der Waals surface area (Å²) in [6.07, 6.45) is 0. The second-order valence-corrected chi connectivity index (χ2v) is 6.42. The van der Waals surface area contributed by atoms with Crippen molar-refractivity contribution in [2.45, 2.75) is 6.54 Å². The summed E-state index contributed by atoms with van der Waals surface area (Å²) < 4.78 is 5.22. The Morgan fingerprint density at radius 3 is 2.42 bits per heavy atom. The molecule has 0 saturated heterocycles. The molecule has 4 nitrogen and oxygen atoms in total. The first-order chi connectivity index (χ1) is 12.5. The molecule has 0 spiro atoms. The Hall–Kier alpha value is -2.85. The smallest absolute Gasteiger partial charge is 0.339 e. The van der Waals surface area contributed by atoms with Crippen LogP contribution in [0.2, 0.25) is 5.02 Å². The van der Waals surface area contributed by atoms with Gasteiger partial charge in [-0.25, -0.2) is 4.79 Å². The Morgan fingerprint density at radius 1 is 0.962 bits per heavy atom. The summed E-state index contributed by atoms with van der Waals surface area (Å²) in [6, 6.07) is 20.2. The maximum atomic E-state index is 12.4. The first-order valence-corrected chi connectivity index (χ1v) is 8.55. The van der Waals surface area contributed by atoms with E-state index in [0.29, 0.717) is 17.1 Å². The number of esters is 1. The van der Waals surface area contributed by atoms with Crippen LogP contribution in [0.5, 0.6) is 0 Å². The molecule has 3 aromatic rings. The minimum absolute atomic E-state index is 0.270. The van der Waals surface area contributed by atoms with Gasteiger partial charge in [0.15, 0.2) is 6.61 Å². The molecule has 132 valence electrons. The SMILES string of the molecule is CN(Cc1ccc(Cl)cc1)C(=O)COC(=O)c1cccc2ccccc12. The summed E-state index contributed by atoms with van der Waals surface area (Å²) in [4.78, 5) is 26.1. The Morgan fingerprint density at radius 2 is 1.65 bits per heavy atom. The second kappa shape index (κ2) is 8.02. The largest absolute Gasteiger partial charge is 0.452 e. The second-order valence-electron chi connectivity index (χ2n) is 5.98. The van der Waals surface area contributed by atoms with Crippen LogP contribution in [0.1, 0.15) is 15.9 Å². The van der Waals surface area contributed by atoms with Crippen molar-refractivity contribution in [3.63, 3.8) is 0 Å². The molecule has 0 aliphatic rings. The summed E-state index contributed by atoms with van der Waals surface area (Å²) in [5.41, 5.74) is 1.40. The number of ether oxygens (including phenoxy) is 1. The van der Waals surface area contributed by atoms with Gasteiger partial charge in [0.1, 0.15) is 0 Å². The topological polar surface area (TPSA) is 46.6 Å². The highest BCUT2D eigenvalue weighted by atomic mass is 35.5. The molecule has 0 unspecified atom stereocenters. The highest BCUT2D eigenvalue weighted by Gasteiger charge is 2.15. The highest BCUT2D eigenvalue weighted by Crippen LogP contribution is 2.19. The zero-order valence-electron chi connectivity index (χ0n) is 14.3. The van der Waals surface area contributed by atoms with Gasteiger partial charge in [0.2, 0.25) is 0 Å². The minimum Gasteiger partial charge on any atom is -0.452 e. The lowest BCUT2D eigenvalue weighted by Gasteiger charge is -2.17. The molecular weight excluding hydrogens is 350 g/mol. The van der Waals surface area contributed by atoms with Crippen LogP contribution in [0.15, 0.2) is 66.7 Å². The highest BCUT2D eigenvalue weighted by molar-refractivity contribution is 6.30. The van der Waals surface area contributed by atoms with Crippen LogP contribution in [0.3, 0.4) is 0 Å². The van der Waals surface area contributed by atoms with Crippen molar-refractivity contribution in [2.24, 2.45) is 0 Å². The fraction of sp³-hybridized carbons (Fsp3) is 0.143. The average Bonchev–Trinajstić information content (AvgIpc) is 2.67. The monoisotopic (exact) mass is 367 g/mol. The van der Waals surface area contributed by atoms with E-state index in [1.807, 2.05) is 42.5 Å². The molecule has 5 heteroatoms. The van der Waals surface area contributed by atoms with E-state index in [1.165, 1.54) is 4.90 Å². The minimum atomic E-state index is -0.505. The van der Waals surface area contributed by atoms with Crippen molar-refractivity contribution in [1.29, 1.82) is 0 Å². The normalized spacial score (nSPS) is 10.5.